The molecular formula is C20H24N4O2. The third-order valence-corrected chi connectivity index (χ3v) is 5.55. The molecular weight excluding hydrogens is 328 g/mol. The van der Waals surface area contributed by atoms with Crippen LogP contribution in [0.4, 0.5) is 0 Å². The normalized spacial score (nSPS) is 19.5. The fourth-order valence-corrected chi connectivity index (χ4v) is 4.19. The zero-order valence-electron chi connectivity index (χ0n) is 15.1. The van der Waals surface area contributed by atoms with Crippen molar-refractivity contribution in [2.24, 2.45) is 0 Å². The summed E-state index contributed by atoms with van der Waals surface area (Å²) < 4.78 is 5.39. The minimum atomic E-state index is -0.334. The van der Waals surface area contributed by atoms with Gasteiger partial charge in [0.15, 0.2) is 5.82 Å². The van der Waals surface area contributed by atoms with Crippen molar-refractivity contribution in [3.63, 3.8) is 0 Å². The number of nitrogens with one attached hydrogen (secondary N) is 1. The Balaban J connectivity index is 1.55. The second kappa shape index (κ2) is 7.03. The molecule has 1 saturated heterocycles. The molecule has 1 spiro atoms. The van der Waals surface area contributed by atoms with Gasteiger partial charge < -0.3 is 10.1 Å². The van der Waals surface area contributed by atoms with E-state index in [9.17, 15) is 4.79 Å². The average molecular weight is 352 g/mol. The van der Waals surface area contributed by atoms with Crippen LogP contribution in [0.25, 0.3) is 11.4 Å². The van der Waals surface area contributed by atoms with E-state index in [-0.39, 0.29) is 11.4 Å². The van der Waals surface area contributed by atoms with Crippen LogP contribution in [0.5, 0.6) is 5.75 Å². The number of rotatable bonds is 4. The van der Waals surface area contributed by atoms with E-state index >= 15 is 0 Å². The van der Waals surface area contributed by atoms with Crippen LogP contribution in [0.1, 0.15) is 31.2 Å². The lowest BCUT2D eigenvalue weighted by atomic mass is 9.91. The average Bonchev–Trinajstić information content (AvgIpc) is 3.17. The lowest BCUT2D eigenvalue weighted by molar-refractivity contribution is -0.137. The number of hydrogen-bond donors (Lipinski definition) is 1. The molecule has 1 aromatic heterocycles. The van der Waals surface area contributed by atoms with Crippen LogP contribution in [0, 0.1) is 0 Å². The Kier molecular flexibility index (Phi) is 4.59. The maximum Gasteiger partial charge on any atom is 0.240 e. The number of carbonyl (C=O) groups is 1. The molecule has 1 aliphatic carbocycles. The maximum absolute atomic E-state index is 12.5. The van der Waals surface area contributed by atoms with Crippen molar-refractivity contribution >= 4 is 5.91 Å². The van der Waals surface area contributed by atoms with Crippen LogP contribution < -0.4 is 10.1 Å². The van der Waals surface area contributed by atoms with E-state index in [1.165, 1.54) is 0 Å². The van der Waals surface area contributed by atoms with Gasteiger partial charge >= 0.3 is 0 Å². The summed E-state index contributed by atoms with van der Waals surface area (Å²) in [6.45, 7) is 2.29. The second-order valence-corrected chi connectivity index (χ2v) is 7.03. The first-order valence-electron chi connectivity index (χ1n) is 9.21. The molecule has 0 bridgehead atoms. The molecule has 0 unspecified atom stereocenters. The highest BCUT2D eigenvalue weighted by atomic mass is 16.5. The first kappa shape index (κ1) is 17.0. The molecule has 2 fully saturated rings. The Morgan fingerprint density at radius 2 is 1.92 bits per heavy atom. The molecule has 136 valence electrons. The number of para-hydroxylation sites is 1. The quantitative estimate of drug-likeness (QED) is 0.915. The van der Waals surface area contributed by atoms with Gasteiger partial charge in [0.2, 0.25) is 5.91 Å². The molecule has 1 saturated carbocycles. The van der Waals surface area contributed by atoms with Crippen LogP contribution in [-0.2, 0) is 11.3 Å². The van der Waals surface area contributed by atoms with Crippen molar-refractivity contribution in [2.45, 2.75) is 37.8 Å². The van der Waals surface area contributed by atoms with Gasteiger partial charge in [-0.2, -0.15) is 0 Å². The van der Waals surface area contributed by atoms with Gasteiger partial charge in [-0.3, -0.25) is 9.69 Å². The van der Waals surface area contributed by atoms with Crippen molar-refractivity contribution in [3.8, 4) is 17.1 Å². The lowest BCUT2D eigenvalue weighted by Gasteiger charge is -2.43. The van der Waals surface area contributed by atoms with E-state index in [1.54, 1.807) is 7.11 Å². The van der Waals surface area contributed by atoms with Crippen LogP contribution >= 0.6 is 0 Å². The van der Waals surface area contributed by atoms with E-state index in [0.717, 1.165) is 49.1 Å². The highest BCUT2D eigenvalue weighted by Crippen LogP contribution is 2.37. The van der Waals surface area contributed by atoms with Crippen molar-refractivity contribution in [2.75, 3.05) is 20.2 Å². The van der Waals surface area contributed by atoms with Crippen molar-refractivity contribution < 1.29 is 9.53 Å². The summed E-state index contributed by atoms with van der Waals surface area (Å²) >= 11 is 0. The Bertz CT molecular complexity index is 785. The Labute approximate surface area is 153 Å². The molecule has 0 atom stereocenters. The van der Waals surface area contributed by atoms with E-state index in [4.69, 9.17) is 4.74 Å². The topological polar surface area (TPSA) is 67.3 Å². The number of hydrogen-bond acceptors (Lipinski definition) is 5. The zero-order chi connectivity index (χ0) is 18.0. The molecule has 1 N–H and O–H groups in total. The van der Waals surface area contributed by atoms with Crippen molar-refractivity contribution in [3.05, 3.63) is 42.2 Å². The number of piperazine rings is 1. The molecule has 1 aliphatic heterocycles. The maximum atomic E-state index is 12.5. The number of amides is 1. The third kappa shape index (κ3) is 2.94. The molecule has 2 aromatic rings. The highest BCUT2D eigenvalue weighted by molar-refractivity contribution is 5.87. The minimum Gasteiger partial charge on any atom is -0.496 e. The predicted molar refractivity (Wildman–Crippen MR) is 98.6 cm³/mol. The van der Waals surface area contributed by atoms with Crippen LogP contribution in [0.15, 0.2) is 36.7 Å². The number of ether oxygens (including phenoxy) is 1. The SMILES string of the molecule is COc1ccccc1-c1ncc(CN2CCNC(=O)C23CCCC3)cn1. The summed E-state index contributed by atoms with van der Waals surface area (Å²) in [5, 5.41) is 3.05. The fourth-order valence-electron chi connectivity index (χ4n) is 4.19. The Hall–Kier alpha value is -2.47. The van der Waals surface area contributed by atoms with Crippen molar-refractivity contribution in [1.82, 2.24) is 20.2 Å². The molecule has 6 heteroatoms. The predicted octanol–water partition coefficient (Wildman–Crippen LogP) is 2.40. The summed E-state index contributed by atoms with van der Waals surface area (Å²) in [6.07, 6.45) is 7.85. The summed E-state index contributed by atoms with van der Waals surface area (Å²) in [6, 6.07) is 7.74. The number of aromatic nitrogens is 2. The van der Waals surface area contributed by atoms with Crippen LogP contribution in [0.2, 0.25) is 0 Å². The third-order valence-electron chi connectivity index (χ3n) is 5.55. The summed E-state index contributed by atoms with van der Waals surface area (Å²) in [7, 11) is 1.65. The molecule has 0 radical (unpaired) electrons. The molecule has 2 heterocycles. The van der Waals surface area contributed by atoms with Gasteiger partial charge in [0.05, 0.1) is 12.7 Å². The van der Waals surface area contributed by atoms with E-state index in [1.807, 2.05) is 36.7 Å². The first-order chi connectivity index (χ1) is 12.7. The largest absolute Gasteiger partial charge is 0.496 e. The van der Waals surface area contributed by atoms with E-state index < -0.39 is 0 Å². The zero-order valence-corrected chi connectivity index (χ0v) is 15.1. The van der Waals surface area contributed by atoms with Gasteiger partial charge in [-0.15, -0.1) is 0 Å². The highest BCUT2D eigenvalue weighted by Gasteiger charge is 2.47. The molecule has 1 aromatic carbocycles. The molecule has 26 heavy (non-hydrogen) atoms. The van der Waals surface area contributed by atoms with Gasteiger partial charge in [-0.1, -0.05) is 25.0 Å². The first-order valence-corrected chi connectivity index (χ1v) is 9.21. The number of carbonyl (C=O) groups excluding carboxylic acids is 1. The Morgan fingerprint density at radius 1 is 1.19 bits per heavy atom. The molecule has 6 nitrogen and oxygen atoms in total. The van der Waals surface area contributed by atoms with Crippen LogP contribution in [-0.4, -0.2) is 46.5 Å². The Morgan fingerprint density at radius 3 is 2.65 bits per heavy atom. The van der Waals surface area contributed by atoms with Crippen molar-refractivity contribution in [1.29, 1.82) is 0 Å². The number of benzene rings is 1. The minimum absolute atomic E-state index is 0.188. The lowest BCUT2D eigenvalue weighted by Crippen LogP contribution is -2.63. The second-order valence-electron chi connectivity index (χ2n) is 7.03. The smallest absolute Gasteiger partial charge is 0.240 e. The van der Waals surface area contributed by atoms with Gasteiger partial charge in [-0.05, 0) is 25.0 Å². The van der Waals surface area contributed by atoms with E-state index in [0.29, 0.717) is 18.9 Å². The van der Waals surface area contributed by atoms with Gasteiger partial charge in [0.1, 0.15) is 11.3 Å². The van der Waals surface area contributed by atoms with Gasteiger partial charge in [-0.25, -0.2) is 9.97 Å². The molecule has 4 rings (SSSR count). The summed E-state index contributed by atoms with van der Waals surface area (Å²) in [5.74, 6) is 1.60. The number of methoxy groups -OCH3 is 1. The molecule has 2 aliphatic rings. The number of nitrogens with zero attached hydrogens (tertiary/aromatic N) is 3. The molecule has 1 amide bonds. The standard InChI is InChI=1S/C20H24N4O2/c1-26-17-7-3-2-6-16(17)18-22-12-15(13-23-18)14-24-11-10-21-19(25)20(24)8-4-5-9-20/h2-3,6-7,12-13H,4-5,8-11,14H2,1H3,(H,21,25). The summed E-state index contributed by atoms with van der Waals surface area (Å²) in [4.78, 5) is 23.9. The van der Waals surface area contributed by atoms with E-state index in [2.05, 4.69) is 20.2 Å². The fraction of sp³-hybridized carbons (Fsp3) is 0.450. The van der Waals surface area contributed by atoms with Gasteiger partial charge in [0, 0.05) is 37.6 Å². The summed E-state index contributed by atoms with van der Waals surface area (Å²) in [5.41, 5.74) is 1.58. The van der Waals surface area contributed by atoms with Crippen LogP contribution in [0.3, 0.4) is 0 Å². The monoisotopic (exact) mass is 352 g/mol. The van der Waals surface area contributed by atoms with Gasteiger partial charge in [0.25, 0.3) is 0 Å².